The molecule has 0 bridgehead atoms. The Labute approximate surface area is 107 Å². The van der Waals surface area contributed by atoms with Gasteiger partial charge in [0.1, 0.15) is 11.6 Å². The molecule has 0 saturated carbocycles. The van der Waals surface area contributed by atoms with Crippen LogP contribution in [0.2, 0.25) is 0 Å². The standard InChI is InChI=1S/C13H11FN2O3/c14-9-3-1-8(2-4-9)5-11-15-10(7-13(18)19)6-12(17)16-11/h1-4,6H,5,7H2,(H,18,19)(H,15,16,17). The molecule has 0 atom stereocenters. The summed E-state index contributed by atoms with van der Waals surface area (Å²) in [5.41, 5.74) is 0.578. The van der Waals surface area contributed by atoms with Crippen LogP contribution in [0.25, 0.3) is 0 Å². The van der Waals surface area contributed by atoms with Crippen LogP contribution in [0.15, 0.2) is 35.1 Å². The van der Waals surface area contributed by atoms with Crippen molar-refractivity contribution in [1.29, 1.82) is 0 Å². The summed E-state index contributed by atoms with van der Waals surface area (Å²) in [6.07, 6.45) is 0.00329. The molecule has 0 aliphatic rings. The minimum absolute atomic E-state index is 0.202. The fraction of sp³-hybridized carbons (Fsp3) is 0.154. The predicted octanol–water partition coefficient (Wildman–Crippen LogP) is 1.13. The topological polar surface area (TPSA) is 83.0 Å². The van der Waals surface area contributed by atoms with Crippen molar-refractivity contribution < 1.29 is 14.3 Å². The molecule has 0 unspecified atom stereocenters. The van der Waals surface area contributed by atoms with Crippen LogP contribution >= 0.6 is 0 Å². The van der Waals surface area contributed by atoms with E-state index >= 15 is 0 Å². The van der Waals surface area contributed by atoms with Crippen molar-refractivity contribution in [2.75, 3.05) is 0 Å². The first-order chi connectivity index (χ1) is 9.02. The lowest BCUT2D eigenvalue weighted by Crippen LogP contribution is -2.15. The molecule has 0 aliphatic heterocycles. The number of aliphatic carboxylic acids is 1. The molecule has 19 heavy (non-hydrogen) atoms. The first-order valence-electron chi connectivity index (χ1n) is 5.58. The van der Waals surface area contributed by atoms with Gasteiger partial charge in [0.2, 0.25) is 0 Å². The number of halogens is 1. The summed E-state index contributed by atoms with van der Waals surface area (Å²) in [4.78, 5) is 28.6. The lowest BCUT2D eigenvalue weighted by atomic mass is 10.1. The predicted molar refractivity (Wildman–Crippen MR) is 65.4 cm³/mol. The van der Waals surface area contributed by atoms with Crippen molar-refractivity contribution in [3.05, 3.63) is 63.6 Å². The van der Waals surface area contributed by atoms with E-state index in [9.17, 15) is 14.0 Å². The molecule has 1 heterocycles. The molecule has 0 saturated heterocycles. The van der Waals surface area contributed by atoms with E-state index in [0.29, 0.717) is 12.2 Å². The molecule has 1 aromatic carbocycles. The van der Waals surface area contributed by atoms with Gasteiger partial charge in [-0.15, -0.1) is 0 Å². The SMILES string of the molecule is O=C(O)Cc1cc(=O)[nH]c(Cc2ccc(F)cc2)n1. The average molecular weight is 262 g/mol. The number of nitrogens with one attached hydrogen (secondary N) is 1. The Morgan fingerprint density at radius 2 is 2.00 bits per heavy atom. The summed E-state index contributed by atoms with van der Waals surface area (Å²) in [5.74, 6) is -1.04. The van der Waals surface area contributed by atoms with Crippen molar-refractivity contribution in [3.63, 3.8) is 0 Å². The van der Waals surface area contributed by atoms with E-state index in [0.717, 1.165) is 11.6 Å². The maximum Gasteiger partial charge on any atom is 0.309 e. The Balaban J connectivity index is 2.24. The largest absolute Gasteiger partial charge is 0.481 e. The van der Waals surface area contributed by atoms with Gasteiger partial charge < -0.3 is 10.1 Å². The van der Waals surface area contributed by atoms with E-state index in [1.54, 1.807) is 12.1 Å². The quantitative estimate of drug-likeness (QED) is 0.865. The molecule has 0 fully saturated rings. The van der Waals surface area contributed by atoms with Gasteiger partial charge >= 0.3 is 5.97 Å². The van der Waals surface area contributed by atoms with Gasteiger partial charge in [0, 0.05) is 12.5 Å². The Morgan fingerprint density at radius 3 is 2.63 bits per heavy atom. The first kappa shape index (κ1) is 12.9. The Kier molecular flexibility index (Phi) is 3.70. The number of carboxylic acid groups (broad SMARTS) is 1. The summed E-state index contributed by atoms with van der Waals surface area (Å²) in [6, 6.07) is 6.95. The molecule has 0 radical (unpaired) electrons. The smallest absolute Gasteiger partial charge is 0.309 e. The second-order valence-corrected chi connectivity index (χ2v) is 4.06. The Bertz CT molecular complexity index is 650. The van der Waals surface area contributed by atoms with Crippen LogP contribution in [0.5, 0.6) is 0 Å². The summed E-state index contributed by atoms with van der Waals surface area (Å²) in [5, 5.41) is 8.68. The van der Waals surface area contributed by atoms with Crippen molar-refractivity contribution in [2.45, 2.75) is 12.8 Å². The van der Waals surface area contributed by atoms with Crippen LogP contribution in [0.4, 0.5) is 4.39 Å². The molecule has 98 valence electrons. The minimum atomic E-state index is -1.05. The molecule has 2 aromatic rings. The number of hydrogen-bond donors (Lipinski definition) is 2. The van der Waals surface area contributed by atoms with Crippen LogP contribution in [-0.4, -0.2) is 21.0 Å². The average Bonchev–Trinajstić information content (AvgIpc) is 2.30. The highest BCUT2D eigenvalue weighted by atomic mass is 19.1. The van der Waals surface area contributed by atoms with Crippen molar-refractivity contribution in [3.8, 4) is 0 Å². The molecule has 0 spiro atoms. The van der Waals surface area contributed by atoms with Gasteiger partial charge in [-0.2, -0.15) is 0 Å². The molecule has 2 N–H and O–H groups in total. The van der Waals surface area contributed by atoms with Crippen LogP contribution in [0.1, 0.15) is 17.1 Å². The third-order valence-corrected chi connectivity index (χ3v) is 2.46. The van der Waals surface area contributed by atoms with Gasteiger partial charge in [-0.05, 0) is 17.7 Å². The van der Waals surface area contributed by atoms with E-state index in [1.165, 1.54) is 12.1 Å². The maximum atomic E-state index is 12.8. The third-order valence-electron chi connectivity index (χ3n) is 2.46. The van der Waals surface area contributed by atoms with Crippen molar-refractivity contribution in [1.82, 2.24) is 9.97 Å². The second-order valence-electron chi connectivity index (χ2n) is 4.06. The van der Waals surface area contributed by atoms with E-state index in [4.69, 9.17) is 5.11 Å². The van der Waals surface area contributed by atoms with Crippen LogP contribution in [0, 0.1) is 5.82 Å². The molecule has 0 amide bonds. The summed E-state index contributed by atoms with van der Waals surface area (Å²) >= 11 is 0. The fourth-order valence-electron chi connectivity index (χ4n) is 1.69. The van der Waals surface area contributed by atoms with Gasteiger partial charge in [-0.3, -0.25) is 9.59 Å². The number of H-pyrrole nitrogens is 1. The van der Waals surface area contributed by atoms with Crippen LogP contribution < -0.4 is 5.56 Å². The second kappa shape index (κ2) is 5.43. The fourth-order valence-corrected chi connectivity index (χ4v) is 1.69. The van der Waals surface area contributed by atoms with Crippen LogP contribution in [-0.2, 0) is 17.6 Å². The van der Waals surface area contributed by atoms with E-state index in [-0.39, 0.29) is 17.9 Å². The molecule has 0 aliphatic carbocycles. The first-order valence-corrected chi connectivity index (χ1v) is 5.58. The molecule has 1 aromatic heterocycles. The van der Waals surface area contributed by atoms with E-state index in [2.05, 4.69) is 9.97 Å². The molecular formula is C13H11FN2O3. The molecule has 2 rings (SSSR count). The van der Waals surface area contributed by atoms with Gasteiger partial charge in [-0.1, -0.05) is 12.1 Å². The van der Waals surface area contributed by atoms with Gasteiger partial charge in [0.05, 0.1) is 12.1 Å². The van der Waals surface area contributed by atoms with Crippen molar-refractivity contribution >= 4 is 5.97 Å². The summed E-state index contributed by atoms with van der Waals surface area (Å²) in [6.45, 7) is 0. The number of hydrogen-bond acceptors (Lipinski definition) is 3. The Hall–Kier alpha value is -2.50. The van der Waals surface area contributed by atoms with E-state index < -0.39 is 11.5 Å². The minimum Gasteiger partial charge on any atom is -0.481 e. The lowest BCUT2D eigenvalue weighted by molar-refractivity contribution is -0.136. The number of rotatable bonds is 4. The van der Waals surface area contributed by atoms with E-state index in [1.807, 2.05) is 0 Å². The summed E-state index contributed by atoms with van der Waals surface area (Å²) < 4.78 is 12.8. The highest BCUT2D eigenvalue weighted by Crippen LogP contribution is 2.07. The monoisotopic (exact) mass is 262 g/mol. The number of aromatic amines is 1. The maximum absolute atomic E-state index is 12.8. The number of nitrogens with zero attached hydrogens (tertiary/aromatic N) is 1. The molecule has 5 nitrogen and oxygen atoms in total. The lowest BCUT2D eigenvalue weighted by Gasteiger charge is -2.03. The van der Waals surface area contributed by atoms with Gasteiger partial charge in [-0.25, -0.2) is 9.37 Å². The zero-order valence-corrected chi connectivity index (χ0v) is 9.89. The van der Waals surface area contributed by atoms with Gasteiger partial charge in [0.25, 0.3) is 5.56 Å². The number of carboxylic acids is 1. The van der Waals surface area contributed by atoms with Crippen molar-refractivity contribution in [2.24, 2.45) is 0 Å². The van der Waals surface area contributed by atoms with Gasteiger partial charge in [0.15, 0.2) is 0 Å². The summed E-state index contributed by atoms with van der Waals surface area (Å²) in [7, 11) is 0. The zero-order chi connectivity index (χ0) is 13.8. The molecule has 6 heteroatoms. The highest BCUT2D eigenvalue weighted by molar-refractivity contribution is 5.69. The number of aromatic nitrogens is 2. The third kappa shape index (κ3) is 3.74. The van der Waals surface area contributed by atoms with Crippen LogP contribution in [0.3, 0.4) is 0 Å². The number of benzene rings is 1. The zero-order valence-electron chi connectivity index (χ0n) is 9.89. The normalized spacial score (nSPS) is 10.4. The highest BCUT2D eigenvalue weighted by Gasteiger charge is 2.06. The Morgan fingerprint density at radius 1 is 1.32 bits per heavy atom. The molecular weight excluding hydrogens is 251 g/mol. The number of carbonyl (C=O) groups is 1.